The number of aliphatic carboxylic acids is 1. The van der Waals surface area contributed by atoms with Gasteiger partial charge in [0.25, 0.3) is 0 Å². The first-order valence-electron chi connectivity index (χ1n) is 7.99. The monoisotopic (exact) mass is 341 g/mol. The van der Waals surface area contributed by atoms with E-state index in [9.17, 15) is 23.5 Å². The molecule has 1 aliphatic rings. The number of halogens is 2. The minimum atomic E-state index is -2.90. The lowest BCUT2D eigenvalue weighted by molar-refractivity contribution is -0.148. The maximum absolute atomic E-state index is 12.2. The number of rotatable bonds is 6. The lowest BCUT2D eigenvalue weighted by atomic mass is 9.90. The van der Waals surface area contributed by atoms with E-state index in [1.807, 2.05) is 0 Å². The molecule has 1 amide bonds. The molecule has 5 nitrogen and oxygen atoms in total. The number of carbonyl (C=O) groups is 2. The molecule has 2 N–H and O–H groups in total. The number of hydrogen-bond donors (Lipinski definition) is 2. The molecule has 0 saturated heterocycles. The fraction of sp³-hybridized carbons (Fsp3) is 0.529. The van der Waals surface area contributed by atoms with Crippen molar-refractivity contribution in [3.05, 3.63) is 29.8 Å². The van der Waals surface area contributed by atoms with Crippen LogP contribution in [0.2, 0.25) is 0 Å². The van der Waals surface area contributed by atoms with Crippen molar-refractivity contribution in [2.45, 2.75) is 57.1 Å². The highest BCUT2D eigenvalue weighted by Gasteiger charge is 2.39. The van der Waals surface area contributed by atoms with Gasteiger partial charge in [0.2, 0.25) is 5.91 Å². The molecule has 1 saturated carbocycles. The Morgan fingerprint density at radius 3 is 2.21 bits per heavy atom. The van der Waals surface area contributed by atoms with Gasteiger partial charge in [-0.3, -0.25) is 4.79 Å². The number of alkyl halides is 2. The van der Waals surface area contributed by atoms with E-state index < -0.39 is 18.1 Å². The minimum absolute atomic E-state index is 0.00993. The molecule has 0 aliphatic heterocycles. The lowest BCUT2D eigenvalue weighted by Gasteiger charge is -2.29. The molecule has 1 aliphatic carbocycles. The Balaban J connectivity index is 1.99. The van der Waals surface area contributed by atoms with E-state index in [1.165, 1.54) is 24.3 Å². The topological polar surface area (TPSA) is 75.6 Å². The molecule has 7 heteroatoms. The van der Waals surface area contributed by atoms with Gasteiger partial charge in [0, 0.05) is 0 Å². The van der Waals surface area contributed by atoms with Crippen LogP contribution in [0.4, 0.5) is 8.78 Å². The van der Waals surface area contributed by atoms with Crippen molar-refractivity contribution >= 4 is 11.9 Å². The number of benzene rings is 1. The summed E-state index contributed by atoms with van der Waals surface area (Å²) in [4.78, 5) is 23.9. The number of ether oxygens (including phenoxy) is 1. The molecule has 1 fully saturated rings. The Labute approximate surface area is 139 Å². The van der Waals surface area contributed by atoms with E-state index in [2.05, 4.69) is 10.1 Å². The first-order valence-corrected chi connectivity index (χ1v) is 7.99. The molecule has 1 aromatic rings. The number of carbonyl (C=O) groups excluding carboxylic acids is 1. The molecule has 2 rings (SSSR count). The smallest absolute Gasteiger partial charge is 0.387 e. The standard InChI is InChI=1S/C17H21F2NO4/c18-16(19)24-13-7-5-12(6-8-13)11-14(21)20-17(15(22)23)9-3-1-2-4-10-17/h5-8,16H,1-4,9-11H2,(H,20,21)(H,22,23). The van der Waals surface area contributed by atoms with Gasteiger partial charge >= 0.3 is 12.6 Å². The molecule has 132 valence electrons. The predicted molar refractivity (Wildman–Crippen MR) is 83.0 cm³/mol. The van der Waals surface area contributed by atoms with Gasteiger partial charge in [0.15, 0.2) is 0 Å². The molecular formula is C17H21F2NO4. The third-order valence-corrected chi connectivity index (χ3v) is 4.26. The number of amides is 1. The summed E-state index contributed by atoms with van der Waals surface area (Å²) in [6, 6.07) is 5.73. The molecule has 0 heterocycles. The highest BCUT2D eigenvalue weighted by molar-refractivity contribution is 5.88. The van der Waals surface area contributed by atoms with Gasteiger partial charge in [-0.1, -0.05) is 37.8 Å². The van der Waals surface area contributed by atoms with Gasteiger partial charge in [-0.25, -0.2) is 4.79 Å². The molecule has 0 spiro atoms. The van der Waals surface area contributed by atoms with Crippen LogP contribution in [-0.4, -0.2) is 29.1 Å². The van der Waals surface area contributed by atoms with Crippen molar-refractivity contribution in [2.24, 2.45) is 0 Å². The number of nitrogens with one attached hydrogen (secondary N) is 1. The molecule has 24 heavy (non-hydrogen) atoms. The van der Waals surface area contributed by atoms with Crippen LogP contribution in [0.3, 0.4) is 0 Å². The molecule has 0 radical (unpaired) electrons. The summed E-state index contributed by atoms with van der Waals surface area (Å²) in [5, 5.41) is 12.2. The first-order chi connectivity index (χ1) is 11.4. The number of carboxylic acid groups (broad SMARTS) is 1. The van der Waals surface area contributed by atoms with Crippen molar-refractivity contribution < 1.29 is 28.2 Å². The van der Waals surface area contributed by atoms with Gasteiger partial charge in [-0.15, -0.1) is 0 Å². The first kappa shape index (κ1) is 18.2. The molecule has 0 aromatic heterocycles. The summed E-state index contributed by atoms with van der Waals surface area (Å²) < 4.78 is 28.4. The summed E-state index contributed by atoms with van der Waals surface area (Å²) in [6.07, 6.45) is 4.32. The number of hydrogen-bond acceptors (Lipinski definition) is 3. The van der Waals surface area contributed by atoms with Crippen LogP contribution in [-0.2, 0) is 16.0 Å². The average molecular weight is 341 g/mol. The molecule has 0 bridgehead atoms. The Morgan fingerprint density at radius 1 is 1.12 bits per heavy atom. The van der Waals surface area contributed by atoms with Crippen LogP contribution >= 0.6 is 0 Å². The second-order valence-electron chi connectivity index (χ2n) is 6.05. The quantitative estimate of drug-likeness (QED) is 0.780. The van der Waals surface area contributed by atoms with Crippen LogP contribution in [0.5, 0.6) is 5.75 Å². The Hall–Kier alpha value is -2.18. The summed E-state index contributed by atoms with van der Waals surface area (Å²) in [5.74, 6) is -1.37. The van der Waals surface area contributed by atoms with Gasteiger partial charge in [-0.05, 0) is 30.5 Å². The van der Waals surface area contributed by atoms with Crippen molar-refractivity contribution in [1.29, 1.82) is 0 Å². The summed E-state index contributed by atoms with van der Waals surface area (Å²) in [7, 11) is 0. The molecular weight excluding hydrogens is 320 g/mol. The van der Waals surface area contributed by atoms with Crippen molar-refractivity contribution in [3.8, 4) is 5.75 Å². The zero-order valence-electron chi connectivity index (χ0n) is 13.3. The summed E-state index contributed by atoms with van der Waals surface area (Å²) >= 11 is 0. The van der Waals surface area contributed by atoms with Crippen LogP contribution in [0.1, 0.15) is 44.1 Å². The highest BCUT2D eigenvalue weighted by Crippen LogP contribution is 2.27. The largest absolute Gasteiger partial charge is 0.480 e. The zero-order chi connectivity index (χ0) is 17.6. The third-order valence-electron chi connectivity index (χ3n) is 4.26. The highest BCUT2D eigenvalue weighted by atomic mass is 19.3. The average Bonchev–Trinajstić information content (AvgIpc) is 2.75. The Kier molecular flexibility index (Phi) is 6.11. The van der Waals surface area contributed by atoms with E-state index in [4.69, 9.17) is 0 Å². The van der Waals surface area contributed by atoms with Crippen LogP contribution in [0, 0.1) is 0 Å². The molecule has 0 unspecified atom stereocenters. The third kappa shape index (κ3) is 4.91. The fourth-order valence-corrected chi connectivity index (χ4v) is 3.01. The van der Waals surface area contributed by atoms with Gasteiger partial charge in [-0.2, -0.15) is 8.78 Å². The van der Waals surface area contributed by atoms with Crippen LogP contribution in [0.25, 0.3) is 0 Å². The van der Waals surface area contributed by atoms with Crippen molar-refractivity contribution in [1.82, 2.24) is 5.32 Å². The molecule has 1 aromatic carbocycles. The predicted octanol–water partition coefficient (Wildman–Crippen LogP) is 3.12. The van der Waals surface area contributed by atoms with E-state index in [0.717, 1.165) is 25.7 Å². The van der Waals surface area contributed by atoms with E-state index >= 15 is 0 Å². The zero-order valence-corrected chi connectivity index (χ0v) is 13.3. The van der Waals surface area contributed by atoms with Gasteiger partial charge in [0.05, 0.1) is 6.42 Å². The van der Waals surface area contributed by atoms with Crippen molar-refractivity contribution in [3.63, 3.8) is 0 Å². The van der Waals surface area contributed by atoms with E-state index in [1.54, 1.807) is 0 Å². The van der Waals surface area contributed by atoms with Gasteiger partial charge < -0.3 is 15.2 Å². The maximum atomic E-state index is 12.2. The van der Waals surface area contributed by atoms with E-state index in [0.29, 0.717) is 18.4 Å². The second-order valence-corrected chi connectivity index (χ2v) is 6.05. The normalized spacial score (nSPS) is 17.1. The summed E-state index contributed by atoms with van der Waals surface area (Å²) in [5.41, 5.74) is -0.602. The van der Waals surface area contributed by atoms with E-state index in [-0.39, 0.29) is 18.1 Å². The second kappa shape index (κ2) is 8.08. The summed E-state index contributed by atoms with van der Waals surface area (Å²) in [6.45, 7) is -2.90. The molecule has 0 atom stereocenters. The Bertz CT molecular complexity index is 566. The SMILES string of the molecule is O=C(Cc1ccc(OC(F)F)cc1)NC1(C(=O)O)CCCCCC1. The van der Waals surface area contributed by atoms with Gasteiger partial charge in [0.1, 0.15) is 11.3 Å². The number of carboxylic acids is 1. The minimum Gasteiger partial charge on any atom is -0.480 e. The fourth-order valence-electron chi connectivity index (χ4n) is 3.01. The van der Waals surface area contributed by atoms with Crippen LogP contribution < -0.4 is 10.1 Å². The maximum Gasteiger partial charge on any atom is 0.387 e. The van der Waals surface area contributed by atoms with Crippen LogP contribution in [0.15, 0.2) is 24.3 Å². The lowest BCUT2D eigenvalue weighted by Crippen LogP contribution is -2.54. The van der Waals surface area contributed by atoms with Crippen molar-refractivity contribution in [2.75, 3.05) is 0 Å². The Morgan fingerprint density at radius 2 is 1.71 bits per heavy atom.